The van der Waals surface area contributed by atoms with Crippen LogP contribution < -0.4 is 0 Å². The van der Waals surface area contributed by atoms with Gasteiger partial charge in [-0.25, -0.2) is 0 Å². The molecule has 6 heteroatoms. The van der Waals surface area contributed by atoms with Crippen LogP contribution in [0, 0.1) is 0 Å². The maximum atomic E-state index is 5.38. The number of thiol groups is 1. The second kappa shape index (κ2) is 11.2. The van der Waals surface area contributed by atoms with E-state index < -0.39 is 5.69 Å². The summed E-state index contributed by atoms with van der Waals surface area (Å²) in [5.41, 5.74) is -2.22. The number of unbranched alkanes of at least 4 members (excludes halogenated alkanes) is 2. The zero-order valence-electron chi connectivity index (χ0n) is 9.07. The van der Waals surface area contributed by atoms with Gasteiger partial charge in [-0.15, -0.1) is 0 Å². The third-order valence-corrected chi connectivity index (χ3v) is 3.85. The minimum atomic E-state index is -2.22. The number of rotatable bonds is 8. The van der Waals surface area contributed by atoms with Crippen molar-refractivity contribution in [3.63, 3.8) is 0 Å². The van der Waals surface area contributed by atoms with Gasteiger partial charge in [0.1, 0.15) is 0 Å². The quantitative estimate of drug-likeness (QED) is 0.310. The van der Waals surface area contributed by atoms with Crippen molar-refractivity contribution in [3.05, 3.63) is 0 Å². The van der Waals surface area contributed by atoms with E-state index in [0.29, 0.717) is 13.2 Å². The SMILES string of the molecule is CCCCOP(=S)(S)OCCCC.[SnH2]. The molecule has 0 aliphatic rings. The Labute approximate surface area is 115 Å². The van der Waals surface area contributed by atoms with Gasteiger partial charge < -0.3 is 9.05 Å². The van der Waals surface area contributed by atoms with Gasteiger partial charge in [-0.05, 0) is 24.6 Å². The summed E-state index contributed by atoms with van der Waals surface area (Å²) >= 11 is 9.31. The molecule has 0 N–H and O–H groups in total. The van der Waals surface area contributed by atoms with Crippen molar-refractivity contribution in [2.24, 2.45) is 0 Å². The molecule has 2 nitrogen and oxygen atoms in total. The van der Waals surface area contributed by atoms with Gasteiger partial charge in [0.2, 0.25) is 5.69 Å². The van der Waals surface area contributed by atoms with Crippen LogP contribution >= 0.6 is 17.9 Å². The summed E-state index contributed by atoms with van der Waals surface area (Å²) < 4.78 is 10.8. The predicted octanol–water partition coefficient (Wildman–Crippen LogP) is 2.86. The molecule has 0 aliphatic carbocycles. The second-order valence-corrected chi connectivity index (χ2v) is 8.13. The van der Waals surface area contributed by atoms with Crippen molar-refractivity contribution >= 4 is 53.7 Å². The molecular weight excluding hydrogens is 342 g/mol. The molecule has 2 radical (unpaired) electrons. The summed E-state index contributed by atoms with van der Waals surface area (Å²) in [6.45, 7) is 5.57. The van der Waals surface area contributed by atoms with Crippen LogP contribution in [0.25, 0.3) is 0 Å². The molecule has 0 saturated carbocycles. The molecule has 14 heavy (non-hydrogen) atoms. The van der Waals surface area contributed by atoms with Crippen LogP contribution in [0.3, 0.4) is 0 Å². The third kappa shape index (κ3) is 11.8. The van der Waals surface area contributed by atoms with Gasteiger partial charge in [0, 0.05) is 0 Å². The van der Waals surface area contributed by atoms with Crippen molar-refractivity contribution in [2.75, 3.05) is 13.2 Å². The molecule has 86 valence electrons. The van der Waals surface area contributed by atoms with E-state index in [4.69, 9.17) is 20.9 Å². The van der Waals surface area contributed by atoms with Crippen LogP contribution in [-0.2, 0) is 20.9 Å². The Morgan fingerprint density at radius 2 is 1.43 bits per heavy atom. The van der Waals surface area contributed by atoms with Crippen molar-refractivity contribution in [1.29, 1.82) is 0 Å². The van der Waals surface area contributed by atoms with Gasteiger partial charge in [-0.3, -0.25) is 0 Å². The Morgan fingerprint density at radius 1 is 1.07 bits per heavy atom. The molecular formula is C8H21O2PS2Sn. The van der Waals surface area contributed by atoms with E-state index in [1.165, 1.54) is 0 Å². The fourth-order valence-corrected chi connectivity index (χ4v) is 2.42. The Hall–Kier alpha value is 1.72. The summed E-state index contributed by atoms with van der Waals surface area (Å²) in [5, 5.41) is 0. The van der Waals surface area contributed by atoms with Gasteiger partial charge in [-0.2, -0.15) is 0 Å². The molecule has 0 fully saturated rings. The average molecular weight is 363 g/mol. The van der Waals surface area contributed by atoms with Crippen LogP contribution in [0.1, 0.15) is 39.5 Å². The first-order valence-corrected chi connectivity index (χ1v) is 8.53. The van der Waals surface area contributed by atoms with Crippen LogP contribution in [0.15, 0.2) is 0 Å². The van der Waals surface area contributed by atoms with E-state index in [2.05, 4.69) is 26.1 Å². The zero-order valence-corrected chi connectivity index (χ0v) is 15.7. The molecule has 0 heterocycles. The zero-order chi connectivity index (χ0) is 10.2. The molecule has 0 saturated heterocycles. The molecule has 0 amide bonds. The molecule has 0 rings (SSSR count). The topological polar surface area (TPSA) is 18.5 Å². The van der Waals surface area contributed by atoms with E-state index in [0.717, 1.165) is 25.7 Å². The Bertz CT molecular complexity index is 155. The molecule has 0 aromatic rings. The molecule has 0 unspecified atom stereocenters. The van der Waals surface area contributed by atoms with Crippen LogP contribution in [0.2, 0.25) is 0 Å². The number of hydrogen-bond donors (Lipinski definition) is 1. The first-order valence-electron chi connectivity index (χ1n) is 4.74. The summed E-state index contributed by atoms with van der Waals surface area (Å²) in [5.74, 6) is 0. The van der Waals surface area contributed by atoms with Crippen molar-refractivity contribution < 1.29 is 9.05 Å². The standard InChI is InChI=1S/C8H19O2PS2.Sn.2H/c1-3-5-7-9-11(12,13)10-8-6-4-2;;;/h3-8H2,1-2H3,(H,12,13);;;. The van der Waals surface area contributed by atoms with Crippen molar-refractivity contribution in [2.45, 2.75) is 39.5 Å². The van der Waals surface area contributed by atoms with E-state index in [1.807, 2.05) is 0 Å². The summed E-state index contributed by atoms with van der Waals surface area (Å²) in [7, 11) is 0. The van der Waals surface area contributed by atoms with Crippen molar-refractivity contribution in [1.82, 2.24) is 0 Å². The predicted molar refractivity (Wildman–Crippen MR) is 73.5 cm³/mol. The van der Waals surface area contributed by atoms with E-state index in [9.17, 15) is 0 Å². The van der Waals surface area contributed by atoms with Gasteiger partial charge in [0.15, 0.2) is 0 Å². The first-order chi connectivity index (χ1) is 6.12. The Kier molecular flexibility index (Phi) is 14.5. The first kappa shape index (κ1) is 18.1. The minimum absolute atomic E-state index is 0. The molecule has 0 aliphatic heterocycles. The molecule has 0 bridgehead atoms. The average Bonchev–Trinajstić information content (AvgIpc) is 2.05. The summed E-state index contributed by atoms with van der Waals surface area (Å²) in [6.07, 6.45) is 4.27. The maximum absolute atomic E-state index is 5.38. The fourth-order valence-electron chi connectivity index (χ4n) is 0.686. The van der Waals surface area contributed by atoms with Gasteiger partial charge in [0.25, 0.3) is 0 Å². The molecule has 0 aromatic carbocycles. The summed E-state index contributed by atoms with van der Waals surface area (Å²) in [4.78, 5) is 0. The Morgan fingerprint density at radius 3 is 1.71 bits per heavy atom. The van der Waals surface area contributed by atoms with Crippen LogP contribution in [-0.4, -0.2) is 37.1 Å². The van der Waals surface area contributed by atoms with E-state index in [1.54, 1.807) is 0 Å². The third-order valence-electron chi connectivity index (χ3n) is 1.50. The Balaban J connectivity index is 0. The molecule has 0 atom stereocenters. The van der Waals surface area contributed by atoms with Crippen LogP contribution in [0.5, 0.6) is 0 Å². The molecule has 0 aromatic heterocycles. The molecule has 0 spiro atoms. The van der Waals surface area contributed by atoms with Gasteiger partial charge in [0.05, 0.1) is 13.2 Å². The van der Waals surface area contributed by atoms with Gasteiger partial charge in [-0.1, -0.05) is 38.9 Å². The van der Waals surface area contributed by atoms with E-state index >= 15 is 0 Å². The number of hydrogen-bond acceptors (Lipinski definition) is 3. The monoisotopic (exact) mass is 364 g/mol. The normalized spacial score (nSPS) is 11.1. The summed E-state index contributed by atoms with van der Waals surface area (Å²) in [6, 6.07) is 0. The van der Waals surface area contributed by atoms with Crippen molar-refractivity contribution in [3.8, 4) is 0 Å². The van der Waals surface area contributed by atoms with E-state index in [-0.39, 0.29) is 23.9 Å². The fraction of sp³-hybridized carbons (Fsp3) is 1.00. The van der Waals surface area contributed by atoms with Crippen LogP contribution in [0.4, 0.5) is 0 Å². The second-order valence-electron chi connectivity index (χ2n) is 2.84. The van der Waals surface area contributed by atoms with Gasteiger partial charge >= 0.3 is 23.9 Å².